The van der Waals surface area contributed by atoms with Crippen LogP contribution in [0.15, 0.2) is 54.7 Å². The largest absolute Gasteiger partial charge is 0.508 e. The number of aromatic nitrogens is 2. The van der Waals surface area contributed by atoms with Crippen LogP contribution < -0.4 is 0 Å². The van der Waals surface area contributed by atoms with Gasteiger partial charge in [-0.25, -0.2) is 4.39 Å². The third-order valence-corrected chi connectivity index (χ3v) is 5.05. The minimum atomic E-state index is -0.220. The summed E-state index contributed by atoms with van der Waals surface area (Å²) < 4.78 is 19.5. The zero-order valence-corrected chi connectivity index (χ0v) is 15.6. The maximum atomic E-state index is 13.6. The lowest BCUT2D eigenvalue weighted by Gasteiger charge is -2.25. The van der Waals surface area contributed by atoms with Gasteiger partial charge >= 0.3 is 0 Å². The van der Waals surface area contributed by atoms with E-state index in [1.54, 1.807) is 24.3 Å². The molecule has 4 rings (SSSR count). The van der Waals surface area contributed by atoms with Crippen molar-refractivity contribution in [1.29, 1.82) is 0 Å². The Balaban J connectivity index is 1.55. The number of H-pyrrole nitrogens is 1. The monoisotopic (exact) mass is 381 g/mol. The van der Waals surface area contributed by atoms with Crippen LogP contribution in [-0.2, 0) is 17.8 Å². The Hall–Kier alpha value is -2.70. The summed E-state index contributed by atoms with van der Waals surface area (Å²) in [5, 5.41) is 16.8. The fourth-order valence-electron chi connectivity index (χ4n) is 3.70. The Kier molecular flexibility index (Phi) is 5.69. The molecule has 0 bridgehead atoms. The summed E-state index contributed by atoms with van der Waals surface area (Å²) in [5.74, 6) is 0.0126. The van der Waals surface area contributed by atoms with E-state index >= 15 is 0 Å². The SMILES string of the molecule is Oc1ccc(-c2[nH]ncc2CN(Cc2cccc(F)c2)C[C@H]2CCCO2)cc1. The zero-order valence-electron chi connectivity index (χ0n) is 15.6. The van der Waals surface area contributed by atoms with Crippen LogP contribution in [0.1, 0.15) is 24.0 Å². The molecule has 2 heterocycles. The summed E-state index contributed by atoms with van der Waals surface area (Å²) in [6, 6.07) is 13.8. The smallest absolute Gasteiger partial charge is 0.123 e. The van der Waals surface area contributed by atoms with Crippen LogP contribution in [0.3, 0.4) is 0 Å². The van der Waals surface area contributed by atoms with Gasteiger partial charge in [-0.05, 0) is 54.8 Å². The highest BCUT2D eigenvalue weighted by Gasteiger charge is 2.21. The topological polar surface area (TPSA) is 61.4 Å². The third-order valence-electron chi connectivity index (χ3n) is 5.05. The lowest BCUT2D eigenvalue weighted by atomic mass is 10.1. The van der Waals surface area contributed by atoms with E-state index in [9.17, 15) is 9.50 Å². The molecule has 1 atom stereocenters. The highest BCUT2D eigenvalue weighted by Crippen LogP contribution is 2.25. The van der Waals surface area contributed by atoms with Crippen LogP contribution >= 0.6 is 0 Å². The van der Waals surface area contributed by atoms with Gasteiger partial charge in [-0.3, -0.25) is 10.00 Å². The summed E-state index contributed by atoms with van der Waals surface area (Å²) >= 11 is 0. The molecule has 0 aliphatic carbocycles. The molecule has 146 valence electrons. The number of hydrogen-bond donors (Lipinski definition) is 2. The van der Waals surface area contributed by atoms with E-state index in [2.05, 4.69) is 15.1 Å². The predicted octanol–water partition coefficient (Wildman–Crippen LogP) is 4.10. The van der Waals surface area contributed by atoms with Gasteiger partial charge in [0.1, 0.15) is 11.6 Å². The Morgan fingerprint density at radius 1 is 1.18 bits per heavy atom. The van der Waals surface area contributed by atoms with Crippen molar-refractivity contribution in [3.63, 3.8) is 0 Å². The van der Waals surface area contributed by atoms with Gasteiger partial charge in [-0.1, -0.05) is 12.1 Å². The number of rotatable bonds is 7. The van der Waals surface area contributed by atoms with E-state index in [1.807, 2.05) is 24.4 Å². The molecule has 5 nitrogen and oxygen atoms in total. The maximum Gasteiger partial charge on any atom is 0.123 e. The van der Waals surface area contributed by atoms with E-state index in [-0.39, 0.29) is 17.7 Å². The second kappa shape index (κ2) is 8.54. The molecule has 0 unspecified atom stereocenters. The molecule has 1 fully saturated rings. The summed E-state index contributed by atoms with van der Waals surface area (Å²) in [6.07, 6.45) is 4.17. The van der Waals surface area contributed by atoms with Crippen molar-refractivity contribution in [2.75, 3.05) is 13.2 Å². The van der Waals surface area contributed by atoms with Crippen LogP contribution in [0, 0.1) is 5.82 Å². The minimum absolute atomic E-state index is 0.206. The van der Waals surface area contributed by atoms with Crippen molar-refractivity contribution in [1.82, 2.24) is 15.1 Å². The van der Waals surface area contributed by atoms with Gasteiger partial charge in [0, 0.05) is 37.4 Å². The summed E-state index contributed by atoms with van der Waals surface area (Å²) in [5.41, 5.74) is 3.89. The second-order valence-electron chi connectivity index (χ2n) is 7.25. The van der Waals surface area contributed by atoms with Crippen molar-refractivity contribution in [3.8, 4) is 17.0 Å². The zero-order chi connectivity index (χ0) is 19.3. The molecule has 1 aromatic heterocycles. The van der Waals surface area contributed by atoms with E-state index < -0.39 is 0 Å². The van der Waals surface area contributed by atoms with Gasteiger partial charge in [0.05, 0.1) is 18.0 Å². The normalized spacial score (nSPS) is 16.7. The van der Waals surface area contributed by atoms with Gasteiger partial charge in [0.25, 0.3) is 0 Å². The van der Waals surface area contributed by atoms with Gasteiger partial charge in [0.15, 0.2) is 0 Å². The highest BCUT2D eigenvalue weighted by atomic mass is 19.1. The molecule has 0 saturated carbocycles. The number of phenols is 1. The Bertz CT molecular complexity index is 904. The maximum absolute atomic E-state index is 13.6. The number of halogens is 1. The number of aromatic amines is 1. The number of nitrogens with one attached hydrogen (secondary N) is 1. The molecule has 6 heteroatoms. The van der Waals surface area contributed by atoms with Crippen molar-refractivity contribution in [2.45, 2.75) is 32.0 Å². The molecular formula is C22H24FN3O2. The molecule has 3 aromatic rings. The standard InChI is InChI=1S/C22H24FN3O2/c23-19-4-1-3-16(11-19)13-26(15-21-5-2-10-28-21)14-18-12-24-25-22(18)17-6-8-20(27)9-7-17/h1,3-4,6-9,11-12,21,27H,2,5,10,13-15H2,(H,24,25)/t21-/m1/s1. The highest BCUT2D eigenvalue weighted by molar-refractivity contribution is 5.63. The fraction of sp³-hybridized carbons (Fsp3) is 0.318. The van der Waals surface area contributed by atoms with E-state index in [1.165, 1.54) is 6.07 Å². The Morgan fingerprint density at radius 2 is 2.04 bits per heavy atom. The van der Waals surface area contributed by atoms with E-state index in [4.69, 9.17) is 4.74 Å². The molecule has 2 N–H and O–H groups in total. The summed E-state index contributed by atoms with van der Waals surface area (Å²) in [7, 11) is 0. The fourth-order valence-corrected chi connectivity index (χ4v) is 3.70. The van der Waals surface area contributed by atoms with Crippen LogP contribution in [0.4, 0.5) is 4.39 Å². The van der Waals surface area contributed by atoms with Gasteiger partial charge in [-0.15, -0.1) is 0 Å². The van der Waals surface area contributed by atoms with Gasteiger partial charge < -0.3 is 9.84 Å². The van der Waals surface area contributed by atoms with Gasteiger partial charge in [-0.2, -0.15) is 5.10 Å². The molecular weight excluding hydrogens is 357 g/mol. The third kappa shape index (κ3) is 4.58. The molecule has 0 radical (unpaired) electrons. The molecule has 0 amide bonds. The first-order valence-electron chi connectivity index (χ1n) is 9.57. The Labute approximate surface area is 163 Å². The average Bonchev–Trinajstić information content (AvgIpc) is 3.35. The average molecular weight is 381 g/mol. The number of nitrogens with zero attached hydrogens (tertiary/aromatic N) is 2. The van der Waals surface area contributed by atoms with Gasteiger partial charge in [0.2, 0.25) is 0 Å². The minimum Gasteiger partial charge on any atom is -0.508 e. The number of phenolic OH excluding ortho intramolecular Hbond substituents is 1. The van der Waals surface area contributed by atoms with Crippen molar-refractivity contribution >= 4 is 0 Å². The van der Waals surface area contributed by atoms with E-state index in [0.29, 0.717) is 13.1 Å². The summed E-state index contributed by atoms with van der Waals surface area (Å²) in [4.78, 5) is 2.28. The first-order valence-corrected chi connectivity index (χ1v) is 9.57. The van der Waals surface area contributed by atoms with Crippen LogP contribution in [0.5, 0.6) is 5.75 Å². The van der Waals surface area contributed by atoms with Crippen molar-refractivity contribution in [3.05, 3.63) is 71.7 Å². The quantitative estimate of drug-likeness (QED) is 0.647. The number of hydrogen-bond acceptors (Lipinski definition) is 4. The molecule has 2 aromatic carbocycles. The summed E-state index contributed by atoms with van der Waals surface area (Å²) in [6.45, 7) is 2.90. The molecule has 1 aliphatic heterocycles. The number of benzene rings is 2. The molecule has 0 spiro atoms. The first kappa shape index (κ1) is 18.7. The van der Waals surface area contributed by atoms with Crippen molar-refractivity contribution in [2.24, 2.45) is 0 Å². The Morgan fingerprint density at radius 3 is 2.79 bits per heavy atom. The first-order chi connectivity index (χ1) is 13.7. The molecule has 1 aliphatic rings. The van der Waals surface area contributed by atoms with Crippen LogP contribution in [-0.4, -0.2) is 39.5 Å². The number of aromatic hydroxyl groups is 1. The van der Waals surface area contributed by atoms with Crippen LogP contribution in [0.2, 0.25) is 0 Å². The predicted molar refractivity (Wildman–Crippen MR) is 105 cm³/mol. The van der Waals surface area contributed by atoms with Crippen molar-refractivity contribution < 1.29 is 14.2 Å². The molecule has 1 saturated heterocycles. The van der Waals surface area contributed by atoms with Crippen LogP contribution in [0.25, 0.3) is 11.3 Å². The second-order valence-corrected chi connectivity index (χ2v) is 7.25. The lowest BCUT2D eigenvalue weighted by Crippen LogP contribution is -2.31. The number of ether oxygens (including phenoxy) is 1. The van der Waals surface area contributed by atoms with E-state index in [0.717, 1.165) is 48.4 Å². The lowest BCUT2D eigenvalue weighted by molar-refractivity contribution is 0.0679. The molecule has 28 heavy (non-hydrogen) atoms.